The van der Waals surface area contributed by atoms with Gasteiger partial charge >= 0.3 is 12.1 Å². The van der Waals surface area contributed by atoms with Gasteiger partial charge in [0, 0.05) is 50.9 Å². The quantitative estimate of drug-likeness (QED) is 0.871. The van der Waals surface area contributed by atoms with E-state index < -0.39 is 0 Å². The molecule has 8 heteroatoms. The summed E-state index contributed by atoms with van der Waals surface area (Å²) in [5.74, 6) is -0.165. The van der Waals surface area contributed by atoms with Crippen LogP contribution in [0.25, 0.3) is 0 Å². The number of nitrogens with one attached hydrogen (secondary N) is 1. The van der Waals surface area contributed by atoms with E-state index in [0.29, 0.717) is 38.3 Å². The highest BCUT2D eigenvalue weighted by atomic mass is 19.1. The zero-order chi connectivity index (χ0) is 18.8. The highest BCUT2D eigenvalue weighted by Gasteiger charge is 2.39. The number of rotatable bonds is 3. The highest BCUT2D eigenvalue weighted by Crippen LogP contribution is 2.19. The molecule has 0 bridgehead atoms. The minimum Gasteiger partial charge on any atom is -0.447 e. The lowest BCUT2D eigenvalue weighted by molar-refractivity contribution is 0.121. The van der Waals surface area contributed by atoms with E-state index >= 15 is 0 Å². The summed E-state index contributed by atoms with van der Waals surface area (Å²) in [6.07, 6.45) is 1.43. The molecule has 3 fully saturated rings. The van der Waals surface area contributed by atoms with E-state index in [1.807, 2.05) is 12.1 Å². The average molecular weight is 376 g/mol. The van der Waals surface area contributed by atoms with E-state index in [9.17, 15) is 14.0 Å². The summed E-state index contributed by atoms with van der Waals surface area (Å²) in [5.41, 5.74) is 0.714. The number of piperidine rings is 1. The van der Waals surface area contributed by atoms with E-state index in [0.717, 1.165) is 25.9 Å². The van der Waals surface area contributed by atoms with E-state index in [2.05, 4.69) is 10.2 Å². The number of likely N-dealkylation sites (tertiary alicyclic amines) is 1. The van der Waals surface area contributed by atoms with Crippen molar-refractivity contribution >= 4 is 12.1 Å². The molecule has 1 aromatic rings. The first-order chi connectivity index (χ1) is 13.1. The van der Waals surface area contributed by atoms with Crippen molar-refractivity contribution in [3.63, 3.8) is 0 Å². The lowest BCUT2D eigenvalue weighted by atomic mass is 10.0. The molecule has 3 amide bonds. The van der Waals surface area contributed by atoms with Crippen LogP contribution in [0.2, 0.25) is 0 Å². The van der Waals surface area contributed by atoms with E-state index in [1.165, 1.54) is 6.07 Å². The molecular formula is C19H25FN4O3. The average Bonchev–Trinajstić information content (AvgIpc) is 3.05. The number of carbonyl (C=O) groups excluding carboxylic acids is 2. The number of ether oxygens (including phenoxy) is 1. The van der Waals surface area contributed by atoms with Crippen molar-refractivity contribution in [2.45, 2.75) is 31.5 Å². The number of nitrogens with zero attached hydrogens (tertiary/aromatic N) is 3. The summed E-state index contributed by atoms with van der Waals surface area (Å²) in [6, 6.07) is 6.91. The molecule has 146 valence electrons. The van der Waals surface area contributed by atoms with Crippen LogP contribution in [0.15, 0.2) is 24.3 Å². The predicted molar refractivity (Wildman–Crippen MR) is 96.6 cm³/mol. The minimum absolute atomic E-state index is 0.0281. The normalized spacial score (nSPS) is 23.9. The van der Waals surface area contributed by atoms with Crippen LogP contribution in [0.5, 0.6) is 0 Å². The van der Waals surface area contributed by atoms with Gasteiger partial charge in [-0.05, 0) is 18.9 Å². The Balaban J connectivity index is 1.23. The number of amides is 3. The molecule has 0 aromatic heterocycles. The number of urea groups is 1. The van der Waals surface area contributed by atoms with Crippen molar-refractivity contribution in [2.75, 3.05) is 39.3 Å². The molecule has 4 rings (SSSR count). The molecule has 3 saturated heterocycles. The molecule has 0 aliphatic carbocycles. The molecule has 7 nitrogen and oxygen atoms in total. The van der Waals surface area contributed by atoms with E-state index in [-0.39, 0.29) is 30.0 Å². The van der Waals surface area contributed by atoms with Crippen molar-refractivity contribution in [3.8, 4) is 0 Å². The van der Waals surface area contributed by atoms with E-state index in [1.54, 1.807) is 15.9 Å². The molecule has 0 saturated carbocycles. The number of benzene rings is 1. The number of hydrogen-bond donors (Lipinski definition) is 1. The standard InChI is InChI=1S/C19H25FN4O3/c20-17-4-2-1-3-14(17)11-22-7-5-15(6-8-22)21-18(25)23-9-10-24-16(12-23)13-27-19(24)26/h1-4,15-16H,5-13H2,(H,21,25)/t16-/m0/s1. The van der Waals surface area contributed by atoms with Crippen LogP contribution in [-0.2, 0) is 11.3 Å². The number of hydrogen-bond acceptors (Lipinski definition) is 4. The predicted octanol–water partition coefficient (Wildman–Crippen LogP) is 1.64. The van der Waals surface area contributed by atoms with Gasteiger partial charge in [-0.2, -0.15) is 0 Å². The maximum Gasteiger partial charge on any atom is 0.410 e. The summed E-state index contributed by atoms with van der Waals surface area (Å²) in [6.45, 7) is 4.20. The van der Waals surface area contributed by atoms with Gasteiger partial charge in [0.05, 0.1) is 6.04 Å². The van der Waals surface area contributed by atoms with Crippen molar-refractivity contribution < 1.29 is 18.7 Å². The minimum atomic E-state index is -0.276. The molecule has 1 atom stereocenters. The van der Waals surface area contributed by atoms with Crippen molar-refractivity contribution in [3.05, 3.63) is 35.6 Å². The van der Waals surface area contributed by atoms with Crippen LogP contribution in [0.1, 0.15) is 18.4 Å². The molecule has 0 radical (unpaired) electrons. The van der Waals surface area contributed by atoms with Crippen LogP contribution in [-0.4, -0.2) is 78.2 Å². The maximum atomic E-state index is 13.8. The Morgan fingerprint density at radius 3 is 2.74 bits per heavy atom. The number of fused-ring (bicyclic) bond motifs is 1. The topological polar surface area (TPSA) is 65.1 Å². The summed E-state index contributed by atoms with van der Waals surface area (Å²) in [5, 5.41) is 3.12. The van der Waals surface area contributed by atoms with Crippen molar-refractivity contribution in [1.82, 2.24) is 20.0 Å². The van der Waals surface area contributed by atoms with Gasteiger partial charge in [0.2, 0.25) is 0 Å². The maximum absolute atomic E-state index is 13.8. The molecule has 3 aliphatic rings. The molecule has 0 unspecified atom stereocenters. The van der Waals surface area contributed by atoms with Crippen molar-refractivity contribution in [2.24, 2.45) is 0 Å². The zero-order valence-corrected chi connectivity index (χ0v) is 15.3. The van der Waals surface area contributed by atoms with Crippen LogP contribution in [0.4, 0.5) is 14.0 Å². The van der Waals surface area contributed by atoms with Gasteiger partial charge in [0.15, 0.2) is 0 Å². The molecule has 1 N–H and O–H groups in total. The summed E-state index contributed by atoms with van der Waals surface area (Å²) in [7, 11) is 0. The van der Waals surface area contributed by atoms with Gasteiger partial charge in [-0.15, -0.1) is 0 Å². The number of cyclic esters (lactones) is 1. The molecule has 0 spiro atoms. The molecule has 1 aromatic carbocycles. The molecule has 27 heavy (non-hydrogen) atoms. The molecule has 3 heterocycles. The molecular weight excluding hydrogens is 351 g/mol. The summed E-state index contributed by atoms with van der Waals surface area (Å²) < 4.78 is 18.8. The van der Waals surface area contributed by atoms with Crippen LogP contribution >= 0.6 is 0 Å². The third kappa shape index (κ3) is 4.00. The van der Waals surface area contributed by atoms with Gasteiger partial charge in [0.25, 0.3) is 0 Å². The molecule has 3 aliphatic heterocycles. The van der Waals surface area contributed by atoms with Gasteiger partial charge in [-0.25, -0.2) is 14.0 Å². The second-order valence-electron chi connectivity index (χ2n) is 7.46. The van der Waals surface area contributed by atoms with E-state index in [4.69, 9.17) is 4.74 Å². The SMILES string of the molecule is O=C(NC1CCN(Cc2ccccc2F)CC1)N1CCN2C(=O)OC[C@@H]2C1. The Kier molecular flexibility index (Phi) is 5.15. The van der Waals surface area contributed by atoms with Gasteiger partial charge in [-0.3, -0.25) is 9.80 Å². The Morgan fingerprint density at radius 2 is 1.96 bits per heavy atom. The second-order valence-corrected chi connectivity index (χ2v) is 7.46. The zero-order valence-electron chi connectivity index (χ0n) is 15.3. The Labute approximate surface area is 158 Å². The largest absolute Gasteiger partial charge is 0.447 e. The summed E-state index contributed by atoms with van der Waals surface area (Å²) in [4.78, 5) is 29.8. The smallest absolute Gasteiger partial charge is 0.410 e. The highest BCUT2D eigenvalue weighted by molar-refractivity contribution is 5.76. The Hall–Kier alpha value is -2.35. The fraction of sp³-hybridized carbons (Fsp3) is 0.579. The second kappa shape index (κ2) is 7.72. The van der Waals surface area contributed by atoms with Crippen LogP contribution in [0.3, 0.4) is 0 Å². The first kappa shape index (κ1) is 18.0. The lowest BCUT2D eigenvalue weighted by Crippen LogP contribution is -2.57. The summed E-state index contributed by atoms with van der Waals surface area (Å²) >= 11 is 0. The van der Waals surface area contributed by atoms with Gasteiger partial charge < -0.3 is 15.0 Å². The lowest BCUT2D eigenvalue weighted by Gasteiger charge is -2.37. The van der Waals surface area contributed by atoms with Gasteiger partial charge in [-0.1, -0.05) is 18.2 Å². The Morgan fingerprint density at radius 1 is 1.19 bits per heavy atom. The first-order valence-electron chi connectivity index (χ1n) is 9.55. The number of carbonyl (C=O) groups is 2. The third-order valence-electron chi connectivity index (χ3n) is 5.67. The third-order valence-corrected chi connectivity index (χ3v) is 5.67. The van der Waals surface area contributed by atoms with Gasteiger partial charge in [0.1, 0.15) is 12.4 Å². The number of piperazine rings is 1. The van der Waals surface area contributed by atoms with Crippen LogP contribution in [0, 0.1) is 5.82 Å². The monoisotopic (exact) mass is 376 g/mol. The fourth-order valence-electron chi connectivity index (χ4n) is 4.04. The first-order valence-corrected chi connectivity index (χ1v) is 9.55. The fourth-order valence-corrected chi connectivity index (χ4v) is 4.04. The number of halogens is 1. The Bertz CT molecular complexity index is 708. The van der Waals surface area contributed by atoms with Crippen LogP contribution < -0.4 is 5.32 Å². The van der Waals surface area contributed by atoms with Crippen molar-refractivity contribution in [1.29, 1.82) is 0 Å².